The number of rotatable bonds is 2. The van der Waals surface area contributed by atoms with E-state index in [2.05, 4.69) is 30.0 Å². The molecule has 0 spiro atoms. The summed E-state index contributed by atoms with van der Waals surface area (Å²) in [5, 5.41) is 0.790. The van der Waals surface area contributed by atoms with Gasteiger partial charge in [-0.3, -0.25) is 0 Å². The van der Waals surface area contributed by atoms with Crippen LogP contribution in [-0.2, 0) is 13.0 Å². The van der Waals surface area contributed by atoms with Gasteiger partial charge in [-0.25, -0.2) is 0 Å². The number of nitrogens with zero attached hydrogens (tertiary/aromatic N) is 1. The van der Waals surface area contributed by atoms with Crippen LogP contribution < -0.4 is 10.6 Å². The first-order valence-corrected chi connectivity index (χ1v) is 7.39. The number of nitrogens with two attached hydrogens (primary N) is 1. The summed E-state index contributed by atoms with van der Waals surface area (Å²) < 4.78 is 0. The molecule has 0 unspecified atom stereocenters. The van der Waals surface area contributed by atoms with Gasteiger partial charge in [-0.05, 0) is 55.2 Å². The fraction of sp³-hybridized carbons (Fsp3) is 0.294. The average Bonchev–Trinajstić information content (AvgIpc) is 2.43. The van der Waals surface area contributed by atoms with Crippen LogP contribution in [0.1, 0.15) is 23.1 Å². The first-order chi connectivity index (χ1) is 9.63. The lowest BCUT2D eigenvalue weighted by atomic mass is 9.99. The van der Waals surface area contributed by atoms with Crippen molar-refractivity contribution < 1.29 is 0 Å². The molecule has 0 aliphatic carbocycles. The molecule has 3 rings (SSSR count). The minimum absolute atomic E-state index is 0.769. The number of hydrogen-bond acceptors (Lipinski definition) is 2. The van der Waals surface area contributed by atoms with Crippen LogP contribution in [0.3, 0.4) is 0 Å². The minimum Gasteiger partial charge on any atom is -0.399 e. The fourth-order valence-electron chi connectivity index (χ4n) is 2.89. The lowest BCUT2D eigenvalue weighted by Gasteiger charge is -2.32. The molecule has 20 heavy (non-hydrogen) atoms. The number of fused-ring (bicyclic) bond motifs is 1. The van der Waals surface area contributed by atoms with Crippen LogP contribution in [0, 0.1) is 6.92 Å². The van der Waals surface area contributed by atoms with Crippen molar-refractivity contribution in [2.75, 3.05) is 17.2 Å². The maximum absolute atomic E-state index is 6.29. The van der Waals surface area contributed by atoms with Crippen molar-refractivity contribution in [3.05, 3.63) is 58.1 Å². The molecule has 2 aromatic rings. The molecule has 0 saturated heterocycles. The number of hydrogen-bond donors (Lipinski definition) is 1. The first-order valence-electron chi connectivity index (χ1n) is 7.02. The normalized spacial score (nSPS) is 14.2. The van der Waals surface area contributed by atoms with Gasteiger partial charge in [-0.15, -0.1) is 0 Å². The summed E-state index contributed by atoms with van der Waals surface area (Å²) in [6.45, 7) is 4.04. The van der Waals surface area contributed by atoms with Gasteiger partial charge in [0, 0.05) is 29.5 Å². The smallest absolute Gasteiger partial charge is 0.0457 e. The van der Waals surface area contributed by atoms with Gasteiger partial charge in [0.25, 0.3) is 0 Å². The Kier molecular flexibility index (Phi) is 3.58. The van der Waals surface area contributed by atoms with Crippen LogP contribution >= 0.6 is 11.6 Å². The molecular formula is C17H19ClN2. The van der Waals surface area contributed by atoms with Crippen molar-refractivity contribution >= 4 is 23.0 Å². The van der Waals surface area contributed by atoms with E-state index in [1.54, 1.807) is 0 Å². The van der Waals surface area contributed by atoms with Gasteiger partial charge < -0.3 is 10.6 Å². The largest absolute Gasteiger partial charge is 0.399 e. The number of anilines is 2. The highest BCUT2D eigenvalue weighted by molar-refractivity contribution is 6.31. The standard InChI is InChI=1S/C17H19ClN2/c1-12-4-7-17-13(9-12)3-2-8-20(17)11-14-10-15(19)5-6-16(14)18/h4-7,9-10H,2-3,8,11,19H2,1H3. The van der Waals surface area contributed by atoms with Gasteiger partial charge >= 0.3 is 0 Å². The van der Waals surface area contributed by atoms with Crippen LogP contribution in [0.2, 0.25) is 5.02 Å². The van der Waals surface area contributed by atoms with Crippen LogP contribution in [0.4, 0.5) is 11.4 Å². The summed E-state index contributed by atoms with van der Waals surface area (Å²) in [4.78, 5) is 2.40. The van der Waals surface area contributed by atoms with Crippen molar-refractivity contribution in [1.82, 2.24) is 0 Å². The second-order valence-electron chi connectivity index (χ2n) is 5.51. The van der Waals surface area contributed by atoms with Gasteiger partial charge in [0.2, 0.25) is 0 Å². The topological polar surface area (TPSA) is 29.3 Å². The lowest BCUT2D eigenvalue weighted by Crippen LogP contribution is -2.29. The fourth-order valence-corrected chi connectivity index (χ4v) is 3.07. The molecule has 2 nitrogen and oxygen atoms in total. The predicted molar refractivity (Wildman–Crippen MR) is 86.4 cm³/mol. The number of halogens is 1. The zero-order chi connectivity index (χ0) is 14.1. The van der Waals surface area contributed by atoms with Crippen LogP contribution in [0.15, 0.2) is 36.4 Å². The molecule has 0 radical (unpaired) electrons. The molecule has 0 fully saturated rings. The molecule has 1 aliphatic rings. The van der Waals surface area contributed by atoms with Crippen LogP contribution in [0.25, 0.3) is 0 Å². The SMILES string of the molecule is Cc1ccc2c(c1)CCCN2Cc1cc(N)ccc1Cl. The van der Waals surface area contributed by atoms with E-state index >= 15 is 0 Å². The number of benzene rings is 2. The zero-order valence-electron chi connectivity index (χ0n) is 11.7. The molecular weight excluding hydrogens is 268 g/mol. The zero-order valence-corrected chi connectivity index (χ0v) is 12.5. The van der Waals surface area contributed by atoms with E-state index in [-0.39, 0.29) is 0 Å². The highest BCUT2D eigenvalue weighted by Gasteiger charge is 2.17. The van der Waals surface area contributed by atoms with Gasteiger partial charge in [0.05, 0.1) is 0 Å². The maximum atomic E-state index is 6.29. The summed E-state index contributed by atoms with van der Waals surface area (Å²) in [6, 6.07) is 12.4. The monoisotopic (exact) mass is 286 g/mol. The van der Waals surface area contributed by atoms with Crippen molar-refractivity contribution in [2.45, 2.75) is 26.3 Å². The molecule has 0 bridgehead atoms. The summed E-state index contributed by atoms with van der Waals surface area (Å²) >= 11 is 6.29. The van der Waals surface area contributed by atoms with Gasteiger partial charge in [0.15, 0.2) is 0 Å². The summed E-state index contributed by atoms with van der Waals surface area (Å²) in [5.41, 5.74) is 11.8. The van der Waals surface area contributed by atoms with Gasteiger partial charge in [0.1, 0.15) is 0 Å². The van der Waals surface area contributed by atoms with E-state index in [4.69, 9.17) is 17.3 Å². The molecule has 1 aliphatic heterocycles. The van der Waals surface area contributed by atoms with Crippen molar-refractivity contribution in [1.29, 1.82) is 0 Å². The van der Waals surface area contributed by atoms with E-state index in [1.807, 2.05) is 18.2 Å². The molecule has 3 heteroatoms. The third-order valence-electron chi connectivity index (χ3n) is 3.88. The molecule has 0 atom stereocenters. The van der Waals surface area contributed by atoms with Gasteiger partial charge in [-0.1, -0.05) is 29.3 Å². The molecule has 2 N–H and O–H groups in total. The summed E-state index contributed by atoms with van der Waals surface area (Å²) in [7, 11) is 0. The second kappa shape index (κ2) is 5.37. The average molecular weight is 287 g/mol. The van der Waals surface area contributed by atoms with Crippen molar-refractivity contribution in [3.63, 3.8) is 0 Å². The molecule has 0 amide bonds. The predicted octanol–water partition coefficient (Wildman–Crippen LogP) is 4.18. The number of nitrogen functional groups attached to an aromatic ring is 1. The molecule has 0 saturated carbocycles. The Morgan fingerprint density at radius 1 is 1.20 bits per heavy atom. The van der Waals surface area contributed by atoms with Crippen molar-refractivity contribution in [3.8, 4) is 0 Å². The second-order valence-corrected chi connectivity index (χ2v) is 5.92. The Morgan fingerprint density at radius 3 is 2.90 bits per heavy atom. The van der Waals surface area contributed by atoms with E-state index in [1.165, 1.54) is 23.2 Å². The Balaban J connectivity index is 1.91. The Hall–Kier alpha value is -1.67. The van der Waals surface area contributed by atoms with E-state index in [0.717, 1.165) is 35.8 Å². The molecule has 2 aromatic carbocycles. The van der Waals surface area contributed by atoms with Crippen LogP contribution in [-0.4, -0.2) is 6.54 Å². The van der Waals surface area contributed by atoms with E-state index < -0.39 is 0 Å². The Labute approximate surface area is 125 Å². The minimum atomic E-state index is 0.769. The quantitative estimate of drug-likeness (QED) is 0.839. The highest BCUT2D eigenvalue weighted by atomic mass is 35.5. The molecule has 0 aromatic heterocycles. The van der Waals surface area contributed by atoms with Crippen LogP contribution in [0.5, 0.6) is 0 Å². The number of aryl methyl sites for hydroxylation is 2. The highest BCUT2D eigenvalue weighted by Crippen LogP contribution is 2.30. The first kappa shape index (κ1) is 13.3. The third kappa shape index (κ3) is 2.61. The van der Waals surface area contributed by atoms with E-state index in [0.29, 0.717) is 0 Å². The maximum Gasteiger partial charge on any atom is 0.0457 e. The Bertz CT molecular complexity index is 637. The van der Waals surface area contributed by atoms with Crippen molar-refractivity contribution in [2.24, 2.45) is 0 Å². The molecule has 104 valence electrons. The van der Waals surface area contributed by atoms with E-state index in [9.17, 15) is 0 Å². The lowest BCUT2D eigenvalue weighted by molar-refractivity contribution is 0.691. The molecule has 1 heterocycles. The third-order valence-corrected chi connectivity index (χ3v) is 4.25. The summed E-state index contributed by atoms with van der Waals surface area (Å²) in [5.74, 6) is 0. The van der Waals surface area contributed by atoms with Gasteiger partial charge in [-0.2, -0.15) is 0 Å². The Morgan fingerprint density at radius 2 is 2.05 bits per heavy atom. The summed E-state index contributed by atoms with van der Waals surface area (Å²) in [6.07, 6.45) is 2.36.